The quantitative estimate of drug-likeness (QED) is 0.722. The van der Waals surface area contributed by atoms with Crippen LogP contribution >= 0.6 is 0 Å². The summed E-state index contributed by atoms with van der Waals surface area (Å²) in [6.07, 6.45) is 0. The van der Waals surface area contributed by atoms with E-state index in [2.05, 4.69) is 30.9 Å². The third kappa shape index (κ3) is 2.39. The van der Waals surface area contributed by atoms with E-state index < -0.39 is 0 Å². The largest absolute Gasteiger partial charge is 0.496 e. The highest BCUT2D eigenvalue weighted by Crippen LogP contribution is 2.28. The summed E-state index contributed by atoms with van der Waals surface area (Å²) in [6, 6.07) is 4.22. The van der Waals surface area contributed by atoms with Gasteiger partial charge in [-0.2, -0.15) is 0 Å². The van der Waals surface area contributed by atoms with Gasteiger partial charge in [0.25, 0.3) is 0 Å². The summed E-state index contributed by atoms with van der Waals surface area (Å²) < 4.78 is 5.29. The van der Waals surface area contributed by atoms with Crippen LogP contribution in [0.5, 0.6) is 5.75 Å². The van der Waals surface area contributed by atoms with Gasteiger partial charge >= 0.3 is 0 Å². The van der Waals surface area contributed by atoms with E-state index in [-0.39, 0.29) is 5.48 Å². The van der Waals surface area contributed by atoms with Crippen LogP contribution in [-0.4, -0.2) is 26.7 Å². The maximum absolute atomic E-state index is 5.29. The molecule has 0 unspecified atom stereocenters. The minimum atomic E-state index is 0. The Morgan fingerprint density at radius 2 is 1.71 bits per heavy atom. The smallest absolute Gasteiger partial charge is 0.124 e. The van der Waals surface area contributed by atoms with Gasteiger partial charge in [0.05, 0.1) is 7.11 Å². The van der Waals surface area contributed by atoms with Gasteiger partial charge in [-0.25, -0.2) is 0 Å². The second kappa shape index (κ2) is 4.86. The highest BCUT2D eigenvalue weighted by molar-refractivity contribution is 5.59. The van der Waals surface area contributed by atoms with Crippen LogP contribution in [0.25, 0.3) is 0 Å². The van der Waals surface area contributed by atoms with E-state index in [4.69, 9.17) is 4.74 Å². The van der Waals surface area contributed by atoms with Crippen molar-refractivity contribution in [3.8, 4) is 5.75 Å². The molecule has 0 bridgehead atoms. The number of benzene rings is 1. The Hall–Kier alpha value is -1.22. The molecule has 0 spiro atoms. The molecule has 3 nitrogen and oxygen atoms in total. The van der Waals surface area contributed by atoms with Crippen LogP contribution in [0.2, 0.25) is 0 Å². The van der Waals surface area contributed by atoms with Gasteiger partial charge in [-0.1, -0.05) is 0 Å². The van der Waals surface area contributed by atoms with Crippen molar-refractivity contribution >= 4 is 5.69 Å². The summed E-state index contributed by atoms with van der Waals surface area (Å²) in [6.45, 7) is 4.16. The van der Waals surface area contributed by atoms with E-state index in [1.54, 1.807) is 7.11 Å². The van der Waals surface area contributed by atoms with Gasteiger partial charge in [0.1, 0.15) is 5.75 Å². The normalized spacial score (nSPS) is 9.21. The van der Waals surface area contributed by atoms with Crippen molar-refractivity contribution in [3.63, 3.8) is 0 Å². The fraction of sp³-hybridized carbons (Fsp3) is 0.455. The number of methoxy groups -OCH3 is 1. The van der Waals surface area contributed by atoms with Gasteiger partial charge < -0.3 is 15.1 Å². The molecule has 0 atom stereocenters. The van der Waals surface area contributed by atoms with Crippen molar-refractivity contribution < 1.29 is 10.2 Å². The average molecular weight is 197 g/mol. The molecule has 0 saturated heterocycles. The predicted molar refractivity (Wildman–Crippen MR) is 60.4 cm³/mol. The minimum Gasteiger partial charge on any atom is -0.496 e. The van der Waals surface area contributed by atoms with E-state index in [9.17, 15) is 0 Å². The molecular weight excluding hydrogens is 178 g/mol. The summed E-state index contributed by atoms with van der Waals surface area (Å²) in [4.78, 5) is 2.10. The first kappa shape index (κ1) is 12.8. The Kier molecular flexibility index (Phi) is 4.44. The van der Waals surface area contributed by atoms with Crippen molar-refractivity contribution in [1.29, 1.82) is 0 Å². The molecular formula is C11H19NO2. The van der Waals surface area contributed by atoms with Gasteiger partial charge in [0.15, 0.2) is 0 Å². The molecule has 0 saturated carbocycles. The number of anilines is 1. The fourth-order valence-corrected chi connectivity index (χ4v) is 1.48. The molecule has 3 heteroatoms. The van der Waals surface area contributed by atoms with Crippen molar-refractivity contribution in [2.75, 3.05) is 26.1 Å². The van der Waals surface area contributed by atoms with E-state index in [0.29, 0.717) is 0 Å². The van der Waals surface area contributed by atoms with Crippen molar-refractivity contribution in [2.24, 2.45) is 0 Å². The summed E-state index contributed by atoms with van der Waals surface area (Å²) in [5.41, 5.74) is 3.64. The summed E-state index contributed by atoms with van der Waals surface area (Å²) in [5.74, 6) is 0.962. The van der Waals surface area contributed by atoms with Crippen LogP contribution in [0.4, 0.5) is 5.69 Å². The summed E-state index contributed by atoms with van der Waals surface area (Å²) in [5, 5.41) is 0. The number of ether oxygens (including phenoxy) is 1. The maximum Gasteiger partial charge on any atom is 0.124 e. The first-order valence-electron chi connectivity index (χ1n) is 4.39. The van der Waals surface area contributed by atoms with Crippen LogP contribution < -0.4 is 9.64 Å². The Balaban J connectivity index is 0.00000169. The zero-order valence-electron chi connectivity index (χ0n) is 9.51. The van der Waals surface area contributed by atoms with Crippen LogP contribution in [0.3, 0.4) is 0 Å². The second-order valence-electron chi connectivity index (χ2n) is 3.51. The van der Waals surface area contributed by atoms with E-state index in [0.717, 1.165) is 5.75 Å². The SMILES string of the molecule is COc1cc(C)cc(N(C)C)c1C.O. The highest BCUT2D eigenvalue weighted by atomic mass is 16.5. The average Bonchev–Trinajstić information content (AvgIpc) is 2.08. The standard InChI is InChI=1S/C11H17NO.H2O/c1-8-6-10(12(3)4)9(2)11(7-8)13-5;/h6-7H,1-5H3;1H2. The molecule has 0 amide bonds. The van der Waals surface area contributed by atoms with Crippen LogP contribution in [0, 0.1) is 13.8 Å². The van der Waals surface area contributed by atoms with Gasteiger partial charge in [0.2, 0.25) is 0 Å². The molecule has 0 fully saturated rings. The third-order valence-corrected chi connectivity index (χ3v) is 2.18. The predicted octanol–water partition coefficient (Wildman–Crippen LogP) is 1.55. The van der Waals surface area contributed by atoms with Crippen molar-refractivity contribution in [1.82, 2.24) is 0 Å². The monoisotopic (exact) mass is 197 g/mol. The number of hydrogen-bond acceptors (Lipinski definition) is 2. The molecule has 1 rings (SSSR count). The summed E-state index contributed by atoms with van der Waals surface area (Å²) in [7, 11) is 5.80. The molecule has 1 aromatic carbocycles. The van der Waals surface area contributed by atoms with Gasteiger partial charge in [0, 0.05) is 25.3 Å². The number of nitrogens with zero attached hydrogens (tertiary/aromatic N) is 1. The Morgan fingerprint density at radius 1 is 1.14 bits per heavy atom. The van der Waals surface area contributed by atoms with E-state index >= 15 is 0 Å². The molecule has 1 aromatic rings. The number of rotatable bonds is 2. The van der Waals surface area contributed by atoms with Crippen LogP contribution in [0.1, 0.15) is 11.1 Å². The molecule has 0 aliphatic heterocycles. The van der Waals surface area contributed by atoms with Crippen molar-refractivity contribution in [2.45, 2.75) is 13.8 Å². The van der Waals surface area contributed by atoms with Crippen LogP contribution in [-0.2, 0) is 0 Å². The first-order valence-corrected chi connectivity index (χ1v) is 4.39. The fourth-order valence-electron chi connectivity index (χ4n) is 1.48. The van der Waals surface area contributed by atoms with E-state index in [1.165, 1.54) is 16.8 Å². The molecule has 2 N–H and O–H groups in total. The maximum atomic E-state index is 5.29. The molecule has 0 radical (unpaired) electrons. The van der Waals surface area contributed by atoms with Gasteiger partial charge in [-0.05, 0) is 31.5 Å². The minimum absolute atomic E-state index is 0. The Bertz CT molecular complexity index is 308. The van der Waals surface area contributed by atoms with Gasteiger partial charge in [-0.15, -0.1) is 0 Å². The molecule has 0 heterocycles. The summed E-state index contributed by atoms with van der Waals surface area (Å²) >= 11 is 0. The molecule has 14 heavy (non-hydrogen) atoms. The lowest BCUT2D eigenvalue weighted by Crippen LogP contribution is -2.11. The highest BCUT2D eigenvalue weighted by Gasteiger charge is 2.06. The molecule has 0 aliphatic carbocycles. The zero-order valence-corrected chi connectivity index (χ0v) is 9.51. The number of aryl methyl sites for hydroxylation is 1. The van der Waals surface area contributed by atoms with E-state index in [1.807, 2.05) is 14.1 Å². The number of hydrogen-bond donors (Lipinski definition) is 0. The first-order chi connectivity index (χ1) is 6.06. The molecule has 0 aromatic heterocycles. The van der Waals surface area contributed by atoms with Crippen LogP contribution in [0.15, 0.2) is 12.1 Å². The lowest BCUT2D eigenvalue weighted by molar-refractivity contribution is 0.411. The molecule has 0 aliphatic rings. The lowest BCUT2D eigenvalue weighted by atomic mass is 10.1. The molecule has 80 valence electrons. The zero-order chi connectivity index (χ0) is 10.0. The third-order valence-electron chi connectivity index (χ3n) is 2.18. The Morgan fingerprint density at radius 3 is 2.14 bits per heavy atom. The Labute approximate surface area is 85.6 Å². The topological polar surface area (TPSA) is 44.0 Å². The van der Waals surface area contributed by atoms with Crippen molar-refractivity contribution in [3.05, 3.63) is 23.3 Å². The lowest BCUT2D eigenvalue weighted by Gasteiger charge is -2.18. The second-order valence-corrected chi connectivity index (χ2v) is 3.51. The van der Waals surface area contributed by atoms with Gasteiger partial charge in [-0.3, -0.25) is 0 Å².